The van der Waals surface area contributed by atoms with Crippen LogP contribution in [-0.2, 0) is 0 Å². The summed E-state index contributed by atoms with van der Waals surface area (Å²) >= 11 is 0. The fourth-order valence-corrected chi connectivity index (χ4v) is 4.11. The van der Waals surface area contributed by atoms with E-state index in [2.05, 4.69) is 75.4 Å². The number of hydrogen-bond acceptors (Lipinski definition) is 4. The van der Waals surface area contributed by atoms with Gasteiger partial charge in [0.05, 0.1) is 0 Å². The molecule has 1 unspecified atom stereocenters. The van der Waals surface area contributed by atoms with Gasteiger partial charge in [-0.3, -0.25) is 4.90 Å². The minimum Gasteiger partial charge on any atom is -0.379 e. The summed E-state index contributed by atoms with van der Waals surface area (Å²) in [6.45, 7) is 7.96. The SMILES string of the molecule is CC(O)N1CCN(CCCN2c3ccccc3C=Cc3ccccc32)CC1. The van der Waals surface area contributed by atoms with Crippen molar-refractivity contribution in [2.45, 2.75) is 19.6 Å². The third-order valence-electron chi connectivity index (χ3n) is 5.69. The van der Waals surface area contributed by atoms with Crippen molar-refractivity contribution in [1.29, 1.82) is 0 Å². The monoisotopic (exact) mass is 363 g/mol. The lowest BCUT2D eigenvalue weighted by atomic mass is 10.1. The molecule has 0 aliphatic carbocycles. The second-order valence-corrected chi connectivity index (χ2v) is 7.47. The number of anilines is 2. The molecule has 1 N–H and O–H groups in total. The highest BCUT2D eigenvalue weighted by Gasteiger charge is 2.21. The van der Waals surface area contributed by atoms with E-state index in [1.54, 1.807) is 0 Å². The molecule has 0 spiro atoms. The number of hydrogen-bond donors (Lipinski definition) is 1. The van der Waals surface area contributed by atoms with Crippen LogP contribution in [-0.4, -0.2) is 60.4 Å². The lowest BCUT2D eigenvalue weighted by molar-refractivity contribution is -0.0127. The Bertz CT molecular complexity index is 744. The van der Waals surface area contributed by atoms with Gasteiger partial charge in [-0.1, -0.05) is 48.6 Å². The van der Waals surface area contributed by atoms with Crippen LogP contribution in [0.5, 0.6) is 0 Å². The summed E-state index contributed by atoms with van der Waals surface area (Å²) in [5.41, 5.74) is 5.13. The molecule has 0 radical (unpaired) electrons. The second-order valence-electron chi connectivity index (χ2n) is 7.47. The van der Waals surface area contributed by atoms with Crippen LogP contribution >= 0.6 is 0 Å². The Balaban J connectivity index is 1.44. The zero-order valence-electron chi connectivity index (χ0n) is 16.1. The zero-order chi connectivity index (χ0) is 18.6. The van der Waals surface area contributed by atoms with Gasteiger partial charge in [-0.05, 0) is 43.1 Å². The van der Waals surface area contributed by atoms with Crippen LogP contribution in [0.25, 0.3) is 12.2 Å². The van der Waals surface area contributed by atoms with Gasteiger partial charge >= 0.3 is 0 Å². The topological polar surface area (TPSA) is 30.0 Å². The molecule has 27 heavy (non-hydrogen) atoms. The molecule has 0 saturated carbocycles. The van der Waals surface area contributed by atoms with Crippen molar-refractivity contribution in [3.63, 3.8) is 0 Å². The van der Waals surface area contributed by atoms with Crippen molar-refractivity contribution in [3.8, 4) is 0 Å². The van der Waals surface area contributed by atoms with E-state index < -0.39 is 0 Å². The summed E-state index contributed by atoms with van der Waals surface area (Å²) in [5, 5.41) is 9.72. The van der Waals surface area contributed by atoms with Crippen molar-refractivity contribution >= 4 is 23.5 Å². The van der Waals surface area contributed by atoms with Gasteiger partial charge in [0.15, 0.2) is 0 Å². The highest BCUT2D eigenvalue weighted by atomic mass is 16.3. The summed E-state index contributed by atoms with van der Waals surface area (Å²) in [4.78, 5) is 7.13. The van der Waals surface area contributed by atoms with Gasteiger partial charge in [-0.15, -0.1) is 0 Å². The van der Waals surface area contributed by atoms with Gasteiger partial charge in [-0.2, -0.15) is 0 Å². The van der Waals surface area contributed by atoms with Crippen LogP contribution < -0.4 is 4.90 Å². The van der Waals surface area contributed by atoms with Crippen LogP contribution in [0.1, 0.15) is 24.5 Å². The number of rotatable bonds is 5. The van der Waals surface area contributed by atoms with Gasteiger partial charge in [-0.25, -0.2) is 0 Å². The maximum atomic E-state index is 9.72. The largest absolute Gasteiger partial charge is 0.379 e. The number of para-hydroxylation sites is 2. The fraction of sp³-hybridized carbons (Fsp3) is 0.391. The molecule has 4 nitrogen and oxygen atoms in total. The molecule has 1 fully saturated rings. The molecule has 4 heteroatoms. The minimum absolute atomic E-state index is 0.329. The Morgan fingerprint density at radius 1 is 0.815 bits per heavy atom. The molecule has 1 atom stereocenters. The smallest absolute Gasteiger partial charge is 0.104 e. The molecule has 0 bridgehead atoms. The van der Waals surface area contributed by atoms with Gasteiger partial charge in [0.25, 0.3) is 0 Å². The summed E-state index contributed by atoms with van der Waals surface area (Å²) in [6, 6.07) is 17.3. The number of piperazine rings is 1. The third-order valence-corrected chi connectivity index (χ3v) is 5.69. The average molecular weight is 364 g/mol. The van der Waals surface area contributed by atoms with Crippen molar-refractivity contribution in [3.05, 3.63) is 59.7 Å². The van der Waals surface area contributed by atoms with Crippen LogP contribution in [0.4, 0.5) is 11.4 Å². The van der Waals surface area contributed by atoms with E-state index in [0.29, 0.717) is 0 Å². The predicted octanol–water partition coefficient (Wildman–Crippen LogP) is 3.65. The Kier molecular flexibility index (Phi) is 5.58. The molecule has 2 aliphatic rings. The van der Waals surface area contributed by atoms with Crippen LogP contribution in [0, 0.1) is 0 Å². The van der Waals surface area contributed by atoms with E-state index in [-0.39, 0.29) is 6.23 Å². The van der Waals surface area contributed by atoms with Crippen LogP contribution in [0.15, 0.2) is 48.5 Å². The maximum Gasteiger partial charge on any atom is 0.104 e. The summed E-state index contributed by atoms with van der Waals surface area (Å²) < 4.78 is 0. The fourth-order valence-electron chi connectivity index (χ4n) is 4.11. The van der Waals surface area contributed by atoms with Crippen LogP contribution in [0.2, 0.25) is 0 Å². The Morgan fingerprint density at radius 3 is 1.93 bits per heavy atom. The van der Waals surface area contributed by atoms with Crippen molar-refractivity contribution < 1.29 is 5.11 Å². The molecule has 4 rings (SSSR count). The van der Waals surface area contributed by atoms with E-state index >= 15 is 0 Å². The second kappa shape index (κ2) is 8.26. The lowest BCUT2D eigenvalue weighted by Crippen LogP contribution is -2.49. The molecule has 2 aromatic rings. The average Bonchev–Trinajstić information content (AvgIpc) is 2.86. The Hall–Kier alpha value is -2.14. The van der Waals surface area contributed by atoms with E-state index in [1.165, 1.54) is 22.5 Å². The molecular weight excluding hydrogens is 334 g/mol. The quantitative estimate of drug-likeness (QED) is 0.878. The highest BCUT2D eigenvalue weighted by molar-refractivity contribution is 5.88. The maximum absolute atomic E-state index is 9.72. The standard InChI is InChI=1S/C23H29N3O/c1-19(27)25-17-15-24(16-18-25)13-6-14-26-22-9-4-2-7-20(22)11-12-21-8-3-5-10-23(21)26/h2-5,7-12,19,27H,6,13-18H2,1H3. The number of fused-ring (bicyclic) bond motifs is 2. The summed E-state index contributed by atoms with van der Waals surface area (Å²) in [7, 11) is 0. The van der Waals surface area contributed by atoms with Gasteiger partial charge in [0.1, 0.15) is 6.23 Å². The first kappa shape index (κ1) is 18.2. The lowest BCUT2D eigenvalue weighted by Gasteiger charge is -2.36. The molecule has 142 valence electrons. The van der Waals surface area contributed by atoms with E-state index in [1.807, 2.05) is 6.92 Å². The Morgan fingerprint density at radius 2 is 1.37 bits per heavy atom. The number of aliphatic hydroxyl groups is 1. The van der Waals surface area contributed by atoms with Crippen LogP contribution in [0.3, 0.4) is 0 Å². The van der Waals surface area contributed by atoms with Gasteiger partial charge in [0, 0.05) is 44.1 Å². The number of aliphatic hydroxyl groups excluding tert-OH is 1. The normalized spacial score (nSPS) is 18.7. The zero-order valence-corrected chi connectivity index (χ0v) is 16.1. The van der Waals surface area contributed by atoms with E-state index in [0.717, 1.165) is 45.7 Å². The summed E-state index contributed by atoms with van der Waals surface area (Å²) in [6.07, 6.45) is 5.24. The number of benzene rings is 2. The van der Waals surface area contributed by atoms with Gasteiger partial charge in [0.2, 0.25) is 0 Å². The predicted molar refractivity (Wildman–Crippen MR) is 113 cm³/mol. The molecule has 2 heterocycles. The van der Waals surface area contributed by atoms with Crippen molar-refractivity contribution in [2.24, 2.45) is 0 Å². The molecule has 1 saturated heterocycles. The highest BCUT2D eigenvalue weighted by Crippen LogP contribution is 2.36. The first-order chi connectivity index (χ1) is 13.2. The molecule has 0 aromatic heterocycles. The minimum atomic E-state index is -0.329. The first-order valence-electron chi connectivity index (χ1n) is 10.0. The van der Waals surface area contributed by atoms with E-state index in [4.69, 9.17) is 0 Å². The molecule has 0 amide bonds. The van der Waals surface area contributed by atoms with Gasteiger partial charge < -0.3 is 14.9 Å². The van der Waals surface area contributed by atoms with Crippen molar-refractivity contribution in [1.82, 2.24) is 9.80 Å². The molecular formula is C23H29N3O. The van der Waals surface area contributed by atoms with Crippen molar-refractivity contribution in [2.75, 3.05) is 44.2 Å². The Labute approximate surface area is 162 Å². The summed E-state index contributed by atoms with van der Waals surface area (Å²) in [5.74, 6) is 0. The van der Waals surface area contributed by atoms with E-state index in [9.17, 15) is 5.11 Å². The molecule has 2 aliphatic heterocycles. The third kappa shape index (κ3) is 4.08. The number of nitrogens with zero attached hydrogens (tertiary/aromatic N) is 3. The molecule has 2 aromatic carbocycles. The first-order valence-corrected chi connectivity index (χ1v) is 10.0.